The molecule has 1 saturated heterocycles. The minimum absolute atomic E-state index is 0.00753. The SMILES string of the molecule is Cc1cc(Cc2ccccc2)cc([C@H]2CN(Cc3ncc[nH]3)CCO2)n1. The molecular weight excluding hydrogens is 324 g/mol. The molecule has 0 radical (unpaired) electrons. The first-order valence-corrected chi connectivity index (χ1v) is 9.10. The molecule has 3 heterocycles. The molecule has 0 aliphatic carbocycles. The fourth-order valence-corrected chi connectivity index (χ4v) is 3.49. The zero-order valence-electron chi connectivity index (χ0n) is 15.1. The number of hydrogen-bond donors (Lipinski definition) is 1. The second-order valence-electron chi connectivity index (χ2n) is 6.83. The summed E-state index contributed by atoms with van der Waals surface area (Å²) in [5.74, 6) is 0.993. The molecule has 1 aromatic carbocycles. The Morgan fingerprint density at radius 3 is 2.88 bits per heavy atom. The zero-order valence-corrected chi connectivity index (χ0v) is 15.1. The third kappa shape index (κ3) is 4.18. The third-order valence-corrected chi connectivity index (χ3v) is 4.69. The van der Waals surface area contributed by atoms with Crippen molar-refractivity contribution in [1.82, 2.24) is 19.9 Å². The lowest BCUT2D eigenvalue weighted by atomic mass is 10.0. The van der Waals surface area contributed by atoms with Gasteiger partial charge in [0, 0.05) is 31.2 Å². The predicted octanol–water partition coefficient (Wildman–Crippen LogP) is 3.28. The average Bonchev–Trinajstić information content (AvgIpc) is 3.15. The number of imidazole rings is 1. The number of aromatic nitrogens is 3. The van der Waals surface area contributed by atoms with Gasteiger partial charge in [0.1, 0.15) is 11.9 Å². The molecule has 1 aliphatic heterocycles. The highest BCUT2D eigenvalue weighted by atomic mass is 16.5. The molecular formula is C21H24N4O. The van der Waals surface area contributed by atoms with Crippen LogP contribution in [0.1, 0.15) is 34.4 Å². The number of morpholine rings is 1. The summed E-state index contributed by atoms with van der Waals surface area (Å²) in [4.78, 5) is 14.6. The van der Waals surface area contributed by atoms with Crippen LogP contribution < -0.4 is 0 Å². The number of rotatable bonds is 5. The monoisotopic (exact) mass is 348 g/mol. The minimum atomic E-state index is 0.00753. The number of H-pyrrole nitrogens is 1. The van der Waals surface area contributed by atoms with Crippen molar-refractivity contribution in [3.05, 3.63) is 83.2 Å². The van der Waals surface area contributed by atoms with Crippen molar-refractivity contribution in [2.75, 3.05) is 19.7 Å². The minimum Gasteiger partial charge on any atom is -0.369 e. The molecule has 5 nitrogen and oxygen atoms in total. The van der Waals surface area contributed by atoms with Crippen molar-refractivity contribution < 1.29 is 4.74 Å². The molecule has 26 heavy (non-hydrogen) atoms. The van der Waals surface area contributed by atoms with Gasteiger partial charge in [-0.2, -0.15) is 0 Å². The summed E-state index contributed by atoms with van der Waals surface area (Å²) in [5, 5.41) is 0. The maximum absolute atomic E-state index is 6.04. The highest BCUT2D eigenvalue weighted by Crippen LogP contribution is 2.24. The number of aryl methyl sites for hydroxylation is 1. The van der Waals surface area contributed by atoms with Crippen LogP contribution in [0.2, 0.25) is 0 Å². The van der Waals surface area contributed by atoms with Gasteiger partial charge in [0.15, 0.2) is 0 Å². The van der Waals surface area contributed by atoms with Crippen molar-refractivity contribution in [2.45, 2.75) is 26.0 Å². The smallest absolute Gasteiger partial charge is 0.120 e. The lowest BCUT2D eigenvalue weighted by Crippen LogP contribution is -2.38. The molecule has 1 aliphatic rings. The molecule has 4 rings (SSSR count). The van der Waals surface area contributed by atoms with Crippen molar-refractivity contribution in [1.29, 1.82) is 0 Å². The molecule has 1 atom stereocenters. The first-order valence-electron chi connectivity index (χ1n) is 9.10. The molecule has 1 N–H and O–H groups in total. The van der Waals surface area contributed by atoms with Crippen LogP contribution in [0.4, 0.5) is 0 Å². The second-order valence-corrected chi connectivity index (χ2v) is 6.83. The number of pyridine rings is 1. The first kappa shape index (κ1) is 16.9. The fourth-order valence-electron chi connectivity index (χ4n) is 3.49. The van der Waals surface area contributed by atoms with E-state index in [0.29, 0.717) is 0 Å². The normalized spacial score (nSPS) is 18.1. The molecule has 5 heteroatoms. The topological polar surface area (TPSA) is 54.0 Å². The molecule has 1 fully saturated rings. The van der Waals surface area contributed by atoms with E-state index < -0.39 is 0 Å². The zero-order chi connectivity index (χ0) is 17.8. The van der Waals surface area contributed by atoms with E-state index in [1.807, 2.05) is 6.20 Å². The van der Waals surface area contributed by atoms with Gasteiger partial charge in [-0.15, -0.1) is 0 Å². The summed E-state index contributed by atoms with van der Waals surface area (Å²) in [5.41, 5.74) is 4.67. The van der Waals surface area contributed by atoms with Crippen molar-refractivity contribution in [3.8, 4) is 0 Å². The van der Waals surface area contributed by atoms with Gasteiger partial charge in [0.05, 0.1) is 18.8 Å². The van der Waals surface area contributed by atoms with Gasteiger partial charge in [-0.1, -0.05) is 30.3 Å². The Hall–Kier alpha value is -2.50. The molecule has 134 valence electrons. The summed E-state index contributed by atoms with van der Waals surface area (Å²) < 4.78 is 6.04. The molecule has 0 spiro atoms. The standard InChI is InChI=1S/C21H24N4O/c1-16-11-18(12-17-5-3-2-4-6-17)13-19(24-16)20-14-25(9-10-26-20)15-21-22-7-8-23-21/h2-8,11,13,20H,9-10,12,14-15H2,1H3,(H,22,23)/t20-/m1/s1. The largest absolute Gasteiger partial charge is 0.369 e. The van der Waals surface area contributed by atoms with Gasteiger partial charge in [0.25, 0.3) is 0 Å². The van der Waals surface area contributed by atoms with E-state index in [-0.39, 0.29) is 6.10 Å². The van der Waals surface area contributed by atoms with Crippen LogP contribution in [-0.2, 0) is 17.7 Å². The van der Waals surface area contributed by atoms with Crippen LogP contribution in [0.3, 0.4) is 0 Å². The second kappa shape index (κ2) is 7.81. The Balaban J connectivity index is 1.49. The highest BCUT2D eigenvalue weighted by Gasteiger charge is 2.24. The van der Waals surface area contributed by atoms with E-state index in [1.165, 1.54) is 11.1 Å². The molecule has 0 bridgehead atoms. The van der Waals surface area contributed by atoms with Gasteiger partial charge in [0.2, 0.25) is 0 Å². The molecule has 0 unspecified atom stereocenters. The van der Waals surface area contributed by atoms with Crippen molar-refractivity contribution >= 4 is 0 Å². The lowest BCUT2D eigenvalue weighted by Gasteiger charge is -2.32. The van der Waals surface area contributed by atoms with Crippen LogP contribution in [0.25, 0.3) is 0 Å². The van der Waals surface area contributed by atoms with Crippen LogP contribution in [-0.4, -0.2) is 39.5 Å². The van der Waals surface area contributed by atoms with Crippen molar-refractivity contribution in [2.24, 2.45) is 0 Å². The Morgan fingerprint density at radius 1 is 1.19 bits per heavy atom. The molecule has 0 saturated carbocycles. The summed E-state index contributed by atoms with van der Waals surface area (Å²) in [6, 6.07) is 14.9. The molecule has 0 amide bonds. The number of benzene rings is 1. The van der Waals surface area contributed by atoms with Gasteiger partial charge in [-0.3, -0.25) is 9.88 Å². The molecule has 2 aromatic heterocycles. The Morgan fingerprint density at radius 2 is 2.08 bits per heavy atom. The maximum atomic E-state index is 6.04. The van der Waals surface area contributed by atoms with Gasteiger partial charge >= 0.3 is 0 Å². The van der Waals surface area contributed by atoms with Gasteiger partial charge < -0.3 is 9.72 Å². The number of ether oxygens (including phenoxy) is 1. The molecule has 3 aromatic rings. The Kier molecular flexibility index (Phi) is 5.09. The van der Waals surface area contributed by atoms with E-state index in [1.54, 1.807) is 6.20 Å². The first-order chi connectivity index (χ1) is 12.8. The Bertz CT molecular complexity index is 832. The van der Waals surface area contributed by atoms with E-state index in [4.69, 9.17) is 9.72 Å². The fraction of sp³-hybridized carbons (Fsp3) is 0.333. The van der Waals surface area contributed by atoms with Crippen LogP contribution in [0.15, 0.2) is 54.9 Å². The summed E-state index contributed by atoms with van der Waals surface area (Å²) in [6.45, 7) is 5.34. The summed E-state index contributed by atoms with van der Waals surface area (Å²) >= 11 is 0. The van der Waals surface area contributed by atoms with Crippen LogP contribution in [0.5, 0.6) is 0 Å². The predicted molar refractivity (Wildman–Crippen MR) is 101 cm³/mol. The van der Waals surface area contributed by atoms with Gasteiger partial charge in [-0.25, -0.2) is 4.98 Å². The number of nitrogens with zero attached hydrogens (tertiary/aromatic N) is 3. The average molecular weight is 348 g/mol. The van der Waals surface area contributed by atoms with E-state index in [2.05, 4.69) is 64.3 Å². The number of aromatic amines is 1. The maximum Gasteiger partial charge on any atom is 0.120 e. The highest BCUT2D eigenvalue weighted by molar-refractivity contribution is 5.29. The van der Waals surface area contributed by atoms with Crippen LogP contribution in [0, 0.1) is 6.92 Å². The van der Waals surface area contributed by atoms with E-state index in [0.717, 1.165) is 49.9 Å². The lowest BCUT2D eigenvalue weighted by molar-refractivity contribution is -0.0357. The summed E-state index contributed by atoms with van der Waals surface area (Å²) in [6.07, 6.45) is 4.59. The Labute approximate surface area is 154 Å². The van der Waals surface area contributed by atoms with Crippen LogP contribution >= 0.6 is 0 Å². The van der Waals surface area contributed by atoms with Crippen molar-refractivity contribution in [3.63, 3.8) is 0 Å². The van der Waals surface area contributed by atoms with Gasteiger partial charge in [-0.05, 0) is 36.6 Å². The van der Waals surface area contributed by atoms with E-state index in [9.17, 15) is 0 Å². The van der Waals surface area contributed by atoms with E-state index >= 15 is 0 Å². The third-order valence-electron chi connectivity index (χ3n) is 4.69. The summed E-state index contributed by atoms with van der Waals surface area (Å²) in [7, 11) is 0. The quantitative estimate of drug-likeness (QED) is 0.769. The number of nitrogens with one attached hydrogen (secondary N) is 1. The number of hydrogen-bond acceptors (Lipinski definition) is 4.